The number of carbonyl (C=O) groups is 1. The van der Waals surface area contributed by atoms with Crippen LogP contribution in [-0.4, -0.2) is 5.91 Å². The number of amides is 1. The third kappa shape index (κ3) is 1.42. The SMILES string of the molecule is Cc1cc(F)c(C(N)=O)c(F)c1. The van der Waals surface area contributed by atoms with Crippen molar-refractivity contribution in [3.63, 3.8) is 0 Å². The molecule has 1 rings (SSSR count). The number of nitrogens with two attached hydrogens (primary N) is 1. The average Bonchev–Trinajstić information content (AvgIpc) is 1.82. The minimum atomic E-state index is -1.09. The molecule has 0 saturated carbocycles. The Morgan fingerprint density at radius 2 is 1.75 bits per heavy atom. The molecule has 0 aliphatic heterocycles. The molecule has 0 saturated heterocycles. The van der Waals surface area contributed by atoms with Crippen molar-refractivity contribution in [2.24, 2.45) is 5.73 Å². The number of aryl methyl sites for hydroxylation is 1. The molecule has 0 heterocycles. The highest BCUT2D eigenvalue weighted by atomic mass is 19.1. The first kappa shape index (κ1) is 8.64. The number of hydrogen-bond acceptors (Lipinski definition) is 1. The van der Waals surface area contributed by atoms with Crippen LogP contribution in [0.3, 0.4) is 0 Å². The van der Waals surface area contributed by atoms with Crippen LogP contribution in [0.15, 0.2) is 12.1 Å². The van der Waals surface area contributed by atoms with E-state index in [1.807, 2.05) is 0 Å². The summed E-state index contributed by atoms with van der Waals surface area (Å²) in [6.45, 7) is 1.52. The van der Waals surface area contributed by atoms with E-state index in [4.69, 9.17) is 5.73 Å². The zero-order chi connectivity index (χ0) is 9.30. The molecular formula is C8H7F2NO. The lowest BCUT2D eigenvalue weighted by Gasteiger charge is -2.00. The Morgan fingerprint density at radius 1 is 1.33 bits per heavy atom. The molecule has 2 nitrogen and oxygen atoms in total. The summed E-state index contributed by atoms with van der Waals surface area (Å²) in [5.74, 6) is -2.93. The van der Waals surface area contributed by atoms with Crippen LogP contribution < -0.4 is 5.73 Å². The van der Waals surface area contributed by atoms with Gasteiger partial charge in [-0.2, -0.15) is 0 Å². The lowest BCUT2D eigenvalue weighted by Crippen LogP contribution is -2.15. The van der Waals surface area contributed by atoms with Gasteiger partial charge in [-0.25, -0.2) is 8.78 Å². The van der Waals surface area contributed by atoms with Crippen LogP contribution in [0.4, 0.5) is 8.78 Å². The van der Waals surface area contributed by atoms with Crippen molar-refractivity contribution in [1.29, 1.82) is 0 Å². The van der Waals surface area contributed by atoms with E-state index >= 15 is 0 Å². The maximum Gasteiger partial charge on any atom is 0.254 e. The molecule has 1 amide bonds. The molecule has 0 radical (unpaired) electrons. The molecule has 0 atom stereocenters. The van der Waals surface area contributed by atoms with Gasteiger partial charge < -0.3 is 5.73 Å². The van der Waals surface area contributed by atoms with Gasteiger partial charge in [-0.3, -0.25) is 4.79 Å². The van der Waals surface area contributed by atoms with Crippen molar-refractivity contribution < 1.29 is 13.6 Å². The minimum absolute atomic E-state index is 0.412. The van der Waals surface area contributed by atoms with Crippen molar-refractivity contribution in [2.45, 2.75) is 6.92 Å². The van der Waals surface area contributed by atoms with Gasteiger partial charge >= 0.3 is 0 Å². The molecule has 1 aromatic carbocycles. The van der Waals surface area contributed by atoms with Gasteiger partial charge in [0.15, 0.2) is 0 Å². The summed E-state index contributed by atoms with van der Waals surface area (Å²) in [5.41, 5.74) is 4.48. The van der Waals surface area contributed by atoms with Crippen LogP contribution in [-0.2, 0) is 0 Å². The van der Waals surface area contributed by atoms with Crippen molar-refractivity contribution in [2.75, 3.05) is 0 Å². The highest BCUT2D eigenvalue weighted by Crippen LogP contribution is 2.13. The molecule has 0 spiro atoms. The zero-order valence-corrected chi connectivity index (χ0v) is 6.40. The van der Waals surface area contributed by atoms with Crippen LogP contribution in [0, 0.1) is 18.6 Å². The number of rotatable bonds is 1. The number of primary amides is 1. The fourth-order valence-electron chi connectivity index (χ4n) is 0.935. The fourth-order valence-corrected chi connectivity index (χ4v) is 0.935. The van der Waals surface area contributed by atoms with E-state index in [-0.39, 0.29) is 0 Å². The molecule has 0 bridgehead atoms. The van der Waals surface area contributed by atoms with Crippen LogP contribution in [0.25, 0.3) is 0 Å². The molecule has 4 heteroatoms. The van der Waals surface area contributed by atoms with E-state index in [1.165, 1.54) is 6.92 Å². The second-order valence-corrected chi connectivity index (χ2v) is 2.47. The lowest BCUT2D eigenvalue weighted by molar-refractivity contribution is 0.0992. The molecule has 0 fully saturated rings. The minimum Gasteiger partial charge on any atom is -0.365 e. The summed E-state index contributed by atoms with van der Waals surface area (Å²) in [6, 6.07) is 2.12. The van der Waals surface area contributed by atoms with Crippen LogP contribution in [0.2, 0.25) is 0 Å². The van der Waals surface area contributed by atoms with Gasteiger partial charge in [0.1, 0.15) is 17.2 Å². The Labute approximate surface area is 68.0 Å². The summed E-state index contributed by atoms with van der Waals surface area (Å²) in [5, 5.41) is 0. The molecule has 0 aliphatic rings. The average molecular weight is 171 g/mol. The summed E-state index contributed by atoms with van der Waals surface area (Å²) >= 11 is 0. The molecule has 1 aromatic rings. The van der Waals surface area contributed by atoms with Gasteiger partial charge in [-0.05, 0) is 24.6 Å². The predicted molar refractivity (Wildman–Crippen MR) is 39.6 cm³/mol. The van der Waals surface area contributed by atoms with E-state index < -0.39 is 23.1 Å². The van der Waals surface area contributed by atoms with Gasteiger partial charge in [-0.15, -0.1) is 0 Å². The molecule has 12 heavy (non-hydrogen) atoms. The van der Waals surface area contributed by atoms with Crippen molar-refractivity contribution in [3.8, 4) is 0 Å². The molecule has 0 aromatic heterocycles. The Hall–Kier alpha value is -1.45. The monoisotopic (exact) mass is 171 g/mol. The quantitative estimate of drug-likeness (QED) is 0.681. The van der Waals surface area contributed by atoms with Crippen LogP contribution in [0.5, 0.6) is 0 Å². The smallest absolute Gasteiger partial charge is 0.254 e. The maximum atomic E-state index is 12.8. The standard InChI is InChI=1S/C8H7F2NO/c1-4-2-5(9)7(8(11)12)6(10)3-4/h2-3H,1H3,(H2,11,12). The third-order valence-corrected chi connectivity index (χ3v) is 1.43. The summed E-state index contributed by atoms with van der Waals surface area (Å²) in [4.78, 5) is 10.5. The van der Waals surface area contributed by atoms with Gasteiger partial charge in [0, 0.05) is 0 Å². The number of halogens is 2. The zero-order valence-electron chi connectivity index (χ0n) is 6.40. The Balaban J connectivity index is 3.38. The van der Waals surface area contributed by atoms with Crippen LogP contribution >= 0.6 is 0 Å². The second kappa shape index (κ2) is 2.89. The Bertz CT molecular complexity index is 313. The normalized spacial score (nSPS) is 9.92. The van der Waals surface area contributed by atoms with E-state index in [9.17, 15) is 13.6 Å². The Kier molecular flexibility index (Phi) is 2.08. The first-order chi connectivity index (χ1) is 5.52. The predicted octanol–water partition coefficient (Wildman–Crippen LogP) is 1.37. The summed E-state index contributed by atoms with van der Waals surface area (Å²) in [7, 11) is 0. The molecular weight excluding hydrogens is 164 g/mol. The van der Waals surface area contributed by atoms with Crippen LogP contribution in [0.1, 0.15) is 15.9 Å². The largest absolute Gasteiger partial charge is 0.365 e. The van der Waals surface area contributed by atoms with E-state index in [1.54, 1.807) is 0 Å². The number of benzene rings is 1. The topological polar surface area (TPSA) is 43.1 Å². The van der Waals surface area contributed by atoms with Gasteiger partial charge in [-0.1, -0.05) is 0 Å². The molecule has 2 N–H and O–H groups in total. The first-order valence-electron chi connectivity index (χ1n) is 3.28. The van der Waals surface area contributed by atoms with E-state index in [0.717, 1.165) is 12.1 Å². The van der Waals surface area contributed by atoms with Crippen molar-refractivity contribution >= 4 is 5.91 Å². The number of hydrogen-bond donors (Lipinski definition) is 1. The molecule has 0 unspecified atom stereocenters. The number of carbonyl (C=O) groups excluding carboxylic acids is 1. The van der Waals surface area contributed by atoms with E-state index in [0.29, 0.717) is 5.56 Å². The third-order valence-electron chi connectivity index (χ3n) is 1.43. The fraction of sp³-hybridized carbons (Fsp3) is 0.125. The van der Waals surface area contributed by atoms with Gasteiger partial charge in [0.25, 0.3) is 5.91 Å². The van der Waals surface area contributed by atoms with Crippen molar-refractivity contribution in [3.05, 3.63) is 34.9 Å². The maximum absolute atomic E-state index is 12.8. The second-order valence-electron chi connectivity index (χ2n) is 2.47. The summed E-state index contributed by atoms with van der Waals surface area (Å²) < 4.78 is 25.6. The highest BCUT2D eigenvalue weighted by Gasteiger charge is 2.14. The Morgan fingerprint density at radius 3 is 2.08 bits per heavy atom. The molecule has 0 aliphatic carbocycles. The van der Waals surface area contributed by atoms with Crippen molar-refractivity contribution in [1.82, 2.24) is 0 Å². The molecule has 64 valence electrons. The summed E-state index contributed by atoms with van der Waals surface area (Å²) in [6.07, 6.45) is 0. The van der Waals surface area contributed by atoms with E-state index in [2.05, 4.69) is 0 Å². The highest BCUT2D eigenvalue weighted by molar-refractivity contribution is 5.93. The first-order valence-corrected chi connectivity index (χ1v) is 3.28. The van der Waals surface area contributed by atoms with Gasteiger partial charge in [0.05, 0.1) is 0 Å². The lowest BCUT2D eigenvalue weighted by atomic mass is 10.1. The van der Waals surface area contributed by atoms with Gasteiger partial charge in [0.2, 0.25) is 0 Å².